The van der Waals surface area contributed by atoms with Gasteiger partial charge in [0.1, 0.15) is 16.5 Å². The number of nitrogens with one attached hydrogen (secondary N) is 1. The third-order valence-electron chi connectivity index (χ3n) is 2.74. The van der Waals surface area contributed by atoms with Crippen molar-refractivity contribution in [1.82, 2.24) is 9.97 Å². The van der Waals surface area contributed by atoms with Crippen LogP contribution in [0.4, 0.5) is 10.1 Å². The Labute approximate surface area is 132 Å². The highest BCUT2D eigenvalue weighted by atomic mass is 35.5. The van der Waals surface area contributed by atoms with E-state index in [1.807, 2.05) is 6.07 Å². The molecule has 106 valence electrons. The Morgan fingerprint density at radius 3 is 2.90 bits per heavy atom. The predicted octanol–water partition coefficient (Wildman–Crippen LogP) is 4.39. The van der Waals surface area contributed by atoms with Crippen molar-refractivity contribution in [2.24, 2.45) is 0 Å². The molecule has 0 unspecified atom stereocenters. The van der Waals surface area contributed by atoms with Crippen LogP contribution in [-0.2, 0) is 0 Å². The number of anilines is 1. The maximum absolute atomic E-state index is 13.2. The molecular weight excluding hydrogens is 336 g/mol. The summed E-state index contributed by atoms with van der Waals surface area (Å²) in [6.07, 6.45) is 0.938. The summed E-state index contributed by atoms with van der Waals surface area (Å²) >= 11 is 13.3. The number of pyridine rings is 1. The van der Waals surface area contributed by atoms with Crippen LogP contribution in [0.15, 0.2) is 29.9 Å². The first kappa shape index (κ1) is 14.2. The number of benzene rings is 1. The molecule has 0 aliphatic heterocycles. The monoisotopic (exact) mass is 341 g/mol. The summed E-state index contributed by atoms with van der Waals surface area (Å²) in [6.45, 7) is 0. The highest BCUT2D eigenvalue weighted by Gasteiger charge is 2.17. The molecule has 0 saturated heterocycles. The zero-order valence-electron chi connectivity index (χ0n) is 10.2. The van der Waals surface area contributed by atoms with Crippen molar-refractivity contribution in [2.75, 3.05) is 5.32 Å². The van der Waals surface area contributed by atoms with E-state index in [-0.39, 0.29) is 10.7 Å². The lowest BCUT2D eigenvalue weighted by Gasteiger charge is -2.09. The molecule has 0 fully saturated rings. The van der Waals surface area contributed by atoms with Gasteiger partial charge < -0.3 is 5.32 Å². The van der Waals surface area contributed by atoms with Crippen molar-refractivity contribution >= 4 is 56.3 Å². The topological polar surface area (TPSA) is 54.9 Å². The van der Waals surface area contributed by atoms with Gasteiger partial charge in [0.25, 0.3) is 5.91 Å². The third kappa shape index (κ3) is 2.70. The Morgan fingerprint density at radius 1 is 1.29 bits per heavy atom. The largest absolute Gasteiger partial charge is 0.319 e. The molecule has 0 bridgehead atoms. The summed E-state index contributed by atoms with van der Waals surface area (Å²) in [7, 11) is 0. The minimum atomic E-state index is -0.650. The second-order valence-electron chi connectivity index (χ2n) is 4.07. The maximum atomic E-state index is 13.2. The van der Waals surface area contributed by atoms with Crippen molar-refractivity contribution < 1.29 is 9.18 Å². The van der Waals surface area contributed by atoms with Gasteiger partial charge in [-0.05, 0) is 18.2 Å². The summed E-state index contributed by atoms with van der Waals surface area (Å²) in [4.78, 5) is 20.0. The van der Waals surface area contributed by atoms with Gasteiger partial charge in [0.05, 0.1) is 32.7 Å². The molecule has 3 aromatic rings. The lowest BCUT2D eigenvalue weighted by molar-refractivity contribution is 0.102. The van der Waals surface area contributed by atoms with Crippen LogP contribution in [-0.4, -0.2) is 15.9 Å². The van der Waals surface area contributed by atoms with Gasteiger partial charge in [-0.25, -0.2) is 14.4 Å². The number of amides is 1. The van der Waals surface area contributed by atoms with Crippen LogP contribution >= 0.6 is 34.5 Å². The fourth-order valence-corrected chi connectivity index (χ4v) is 2.86. The van der Waals surface area contributed by atoms with E-state index in [0.717, 1.165) is 17.0 Å². The van der Waals surface area contributed by atoms with Crippen LogP contribution in [0.3, 0.4) is 0 Å². The molecule has 0 aliphatic rings. The van der Waals surface area contributed by atoms with Crippen molar-refractivity contribution in [1.29, 1.82) is 0 Å². The number of nitrogens with zero attached hydrogens (tertiary/aromatic N) is 2. The molecule has 0 saturated carbocycles. The number of fused-ring (bicyclic) bond motifs is 1. The number of hydrogen-bond acceptors (Lipinski definition) is 4. The van der Waals surface area contributed by atoms with Crippen LogP contribution in [0.1, 0.15) is 10.4 Å². The molecule has 1 N–H and O–H groups in total. The molecule has 8 heteroatoms. The van der Waals surface area contributed by atoms with E-state index in [9.17, 15) is 9.18 Å². The fraction of sp³-hybridized carbons (Fsp3) is 0. The molecule has 4 nitrogen and oxygen atoms in total. The summed E-state index contributed by atoms with van der Waals surface area (Å²) in [6, 6.07) is 4.48. The molecule has 2 aromatic heterocycles. The quantitative estimate of drug-likeness (QED) is 0.703. The van der Waals surface area contributed by atoms with Crippen LogP contribution in [0, 0.1) is 5.82 Å². The summed E-state index contributed by atoms with van der Waals surface area (Å²) in [5, 5.41) is 2.85. The smallest absolute Gasteiger partial charge is 0.258 e. The zero-order chi connectivity index (χ0) is 15.0. The minimum absolute atomic E-state index is 0.0695. The van der Waals surface area contributed by atoms with Gasteiger partial charge in [0, 0.05) is 0 Å². The third-order valence-corrected chi connectivity index (χ3v) is 4.15. The molecule has 1 amide bonds. The van der Waals surface area contributed by atoms with Gasteiger partial charge in [-0.2, -0.15) is 0 Å². The van der Waals surface area contributed by atoms with Crippen molar-refractivity contribution in [3.8, 4) is 0 Å². The Balaban J connectivity index is 2.02. The number of halogens is 3. The second kappa shape index (κ2) is 5.55. The number of carbonyl (C=O) groups excluding carboxylic acids is 1. The highest BCUT2D eigenvalue weighted by molar-refractivity contribution is 7.16. The number of hydrogen-bond donors (Lipinski definition) is 1. The van der Waals surface area contributed by atoms with Gasteiger partial charge in [-0.3, -0.25) is 4.79 Å². The van der Waals surface area contributed by atoms with Crippen LogP contribution in [0.2, 0.25) is 10.2 Å². The van der Waals surface area contributed by atoms with Gasteiger partial charge in [-0.1, -0.05) is 23.2 Å². The van der Waals surface area contributed by atoms with Crippen molar-refractivity contribution in [2.45, 2.75) is 0 Å². The lowest BCUT2D eigenvalue weighted by atomic mass is 10.2. The molecule has 0 spiro atoms. The first-order chi connectivity index (χ1) is 10.1. The highest BCUT2D eigenvalue weighted by Crippen LogP contribution is 2.32. The lowest BCUT2D eigenvalue weighted by Crippen LogP contribution is -2.14. The normalized spacial score (nSPS) is 10.8. The summed E-state index contributed by atoms with van der Waals surface area (Å²) in [5.41, 5.74) is 2.51. The van der Waals surface area contributed by atoms with E-state index >= 15 is 0 Å². The van der Waals surface area contributed by atoms with E-state index in [4.69, 9.17) is 23.2 Å². The second-order valence-corrected chi connectivity index (χ2v) is 5.72. The molecule has 2 heterocycles. The van der Waals surface area contributed by atoms with E-state index in [1.165, 1.54) is 11.3 Å². The Bertz CT molecular complexity index is 853. The number of rotatable bonds is 2. The molecular formula is C13H6Cl2FN3OS. The average Bonchev–Trinajstić information content (AvgIpc) is 2.93. The standard InChI is InChI=1S/C13H6Cl2FN3OS/c14-8-1-2-9-11(18-5-21-9)10(8)19-13(20)7-3-6(16)4-17-12(7)15/h1-5H,(H,19,20). The van der Waals surface area contributed by atoms with Gasteiger partial charge in [0.15, 0.2) is 0 Å². The van der Waals surface area contributed by atoms with Crippen molar-refractivity contribution in [3.05, 3.63) is 51.5 Å². The molecule has 0 radical (unpaired) electrons. The molecule has 3 rings (SSSR count). The van der Waals surface area contributed by atoms with Gasteiger partial charge in [0.2, 0.25) is 0 Å². The molecule has 1 aromatic carbocycles. The van der Waals surface area contributed by atoms with Crippen LogP contribution < -0.4 is 5.32 Å². The average molecular weight is 342 g/mol. The maximum Gasteiger partial charge on any atom is 0.258 e. The first-order valence-corrected chi connectivity index (χ1v) is 7.34. The van der Waals surface area contributed by atoms with Crippen LogP contribution in [0.5, 0.6) is 0 Å². The first-order valence-electron chi connectivity index (χ1n) is 5.70. The van der Waals surface area contributed by atoms with Crippen LogP contribution in [0.25, 0.3) is 10.2 Å². The van der Waals surface area contributed by atoms with Gasteiger partial charge >= 0.3 is 0 Å². The summed E-state index contributed by atoms with van der Waals surface area (Å²) in [5.74, 6) is -1.25. The minimum Gasteiger partial charge on any atom is -0.319 e. The van der Waals surface area contributed by atoms with E-state index < -0.39 is 11.7 Å². The zero-order valence-corrected chi connectivity index (χ0v) is 12.6. The predicted molar refractivity (Wildman–Crippen MR) is 81.8 cm³/mol. The fourth-order valence-electron chi connectivity index (χ4n) is 1.79. The van der Waals surface area contributed by atoms with E-state index in [1.54, 1.807) is 11.6 Å². The summed E-state index contributed by atoms with van der Waals surface area (Å²) < 4.78 is 14.1. The Morgan fingerprint density at radius 2 is 2.10 bits per heavy atom. The Kier molecular flexibility index (Phi) is 3.75. The van der Waals surface area contributed by atoms with Gasteiger partial charge in [-0.15, -0.1) is 11.3 Å². The van der Waals surface area contributed by atoms with E-state index in [0.29, 0.717) is 16.2 Å². The van der Waals surface area contributed by atoms with E-state index in [2.05, 4.69) is 15.3 Å². The molecule has 0 aliphatic carbocycles. The van der Waals surface area contributed by atoms with Crippen molar-refractivity contribution in [3.63, 3.8) is 0 Å². The molecule has 0 atom stereocenters. The Hall–Kier alpha value is -1.76. The number of carbonyl (C=O) groups is 1. The number of aromatic nitrogens is 2. The number of thiazole rings is 1. The SMILES string of the molecule is O=C(Nc1c(Cl)ccc2scnc12)c1cc(F)cnc1Cl. The molecule has 21 heavy (non-hydrogen) atoms.